The number of amides is 1. The highest BCUT2D eigenvalue weighted by Gasteiger charge is 2.28. The minimum Gasteiger partial charge on any atom is -0.392 e. The van der Waals surface area contributed by atoms with Crippen molar-refractivity contribution in [1.29, 1.82) is 0 Å². The highest BCUT2D eigenvalue weighted by molar-refractivity contribution is 5.95. The van der Waals surface area contributed by atoms with Gasteiger partial charge < -0.3 is 20.8 Å². The van der Waals surface area contributed by atoms with Gasteiger partial charge in [0.2, 0.25) is 5.91 Å². The first-order valence-electron chi connectivity index (χ1n) is 5.62. The van der Waals surface area contributed by atoms with Crippen LogP contribution in [0.3, 0.4) is 0 Å². The van der Waals surface area contributed by atoms with Gasteiger partial charge in [0.1, 0.15) is 0 Å². The van der Waals surface area contributed by atoms with Crippen molar-refractivity contribution in [3.05, 3.63) is 29.8 Å². The summed E-state index contributed by atoms with van der Waals surface area (Å²) in [5.74, 6) is -0.178. The maximum atomic E-state index is 11.9. The van der Waals surface area contributed by atoms with Gasteiger partial charge in [0.05, 0.1) is 18.8 Å². The minimum atomic E-state index is -0.459. The molecule has 1 saturated heterocycles. The summed E-state index contributed by atoms with van der Waals surface area (Å²) in [7, 11) is 0. The number of β-amino-alcohol motifs (C(OH)–C–C–N with tert-alkyl or cyclic N) is 1. The van der Waals surface area contributed by atoms with E-state index < -0.39 is 6.10 Å². The SMILES string of the molecule is O=C(Nc1ccccc1CO)C1CC(O)CN1. The van der Waals surface area contributed by atoms with Crippen molar-refractivity contribution >= 4 is 11.6 Å². The summed E-state index contributed by atoms with van der Waals surface area (Å²) < 4.78 is 0. The lowest BCUT2D eigenvalue weighted by Crippen LogP contribution is -2.35. The molecule has 2 atom stereocenters. The molecule has 1 amide bonds. The van der Waals surface area contributed by atoms with Crippen molar-refractivity contribution in [2.75, 3.05) is 11.9 Å². The average molecular weight is 236 g/mol. The van der Waals surface area contributed by atoms with E-state index in [0.29, 0.717) is 24.2 Å². The van der Waals surface area contributed by atoms with E-state index in [1.54, 1.807) is 24.3 Å². The third kappa shape index (κ3) is 2.82. The van der Waals surface area contributed by atoms with Gasteiger partial charge in [-0.15, -0.1) is 0 Å². The molecule has 1 heterocycles. The molecule has 0 aromatic heterocycles. The van der Waals surface area contributed by atoms with Crippen LogP contribution in [-0.2, 0) is 11.4 Å². The molecule has 4 N–H and O–H groups in total. The van der Waals surface area contributed by atoms with Crippen LogP contribution < -0.4 is 10.6 Å². The number of aliphatic hydroxyl groups excluding tert-OH is 2. The second-order valence-corrected chi connectivity index (χ2v) is 4.15. The Morgan fingerprint density at radius 2 is 2.24 bits per heavy atom. The second-order valence-electron chi connectivity index (χ2n) is 4.15. The lowest BCUT2D eigenvalue weighted by Gasteiger charge is -2.13. The summed E-state index contributed by atoms with van der Waals surface area (Å²) >= 11 is 0. The molecule has 5 nitrogen and oxygen atoms in total. The van der Waals surface area contributed by atoms with Crippen molar-refractivity contribution in [3.8, 4) is 0 Å². The smallest absolute Gasteiger partial charge is 0.241 e. The van der Waals surface area contributed by atoms with E-state index in [-0.39, 0.29) is 18.6 Å². The van der Waals surface area contributed by atoms with Crippen LogP contribution in [0.2, 0.25) is 0 Å². The number of anilines is 1. The van der Waals surface area contributed by atoms with Gasteiger partial charge in [-0.25, -0.2) is 0 Å². The van der Waals surface area contributed by atoms with Crippen molar-refractivity contribution < 1.29 is 15.0 Å². The van der Waals surface area contributed by atoms with Gasteiger partial charge in [-0.3, -0.25) is 4.79 Å². The zero-order chi connectivity index (χ0) is 12.3. The number of rotatable bonds is 3. The number of hydrogen-bond donors (Lipinski definition) is 4. The Labute approximate surface area is 99.5 Å². The van der Waals surface area contributed by atoms with Crippen molar-refractivity contribution in [2.45, 2.75) is 25.2 Å². The molecular weight excluding hydrogens is 220 g/mol. The Bertz CT molecular complexity index is 408. The van der Waals surface area contributed by atoms with E-state index in [4.69, 9.17) is 5.11 Å². The Hall–Kier alpha value is -1.43. The van der Waals surface area contributed by atoms with E-state index in [1.807, 2.05) is 0 Å². The molecule has 0 aliphatic carbocycles. The van der Waals surface area contributed by atoms with Crippen LogP contribution in [0.1, 0.15) is 12.0 Å². The molecule has 0 radical (unpaired) electrons. The lowest BCUT2D eigenvalue weighted by molar-refractivity contribution is -0.117. The first kappa shape index (κ1) is 12.0. The Morgan fingerprint density at radius 1 is 1.47 bits per heavy atom. The molecule has 2 rings (SSSR count). The standard InChI is InChI=1S/C12H16N2O3/c15-7-8-3-1-2-4-10(8)14-12(17)11-5-9(16)6-13-11/h1-4,9,11,13,15-16H,5-7H2,(H,14,17). The van der Waals surface area contributed by atoms with E-state index in [2.05, 4.69) is 10.6 Å². The van der Waals surface area contributed by atoms with Gasteiger partial charge in [0, 0.05) is 17.8 Å². The van der Waals surface area contributed by atoms with E-state index in [1.165, 1.54) is 0 Å². The topological polar surface area (TPSA) is 81.6 Å². The van der Waals surface area contributed by atoms with Crippen LogP contribution in [0.5, 0.6) is 0 Å². The normalized spacial score (nSPS) is 23.6. The zero-order valence-electron chi connectivity index (χ0n) is 9.39. The number of benzene rings is 1. The number of carbonyl (C=O) groups excluding carboxylic acids is 1. The molecule has 2 unspecified atom stereocenters. The zero-order valence-corrected chi connectivity index (χ0v) is 9.39. The first-order valence-corrected chi connectivity index (χ1v) is 5.62. The van der Waals surface area contributed by atoms with Gasteiger partial charge in [-0.2, -0.15) is 0 Å². The Kier molecular flexibility index (Phi) is 3.73. The monoisotopic (exact) mass is 236 g/mol. The van der Waals surface area contributed by atoms with Crippen LogP contribution >= 0.6 is 0 Å². The summed E-state index contributed by atoms with van der Waals surface area (Å²) in [6.45, 7) is 0.330. The molecule has 5 heteroatoms. The molecule has 1 fully saturated rings. The highest BCUT2D eigenvalue weighted by Crippen LogP contribution is 2.16. The molecule has 17 heavy (non-hydrogen) atoms. The summed E-state index contributed by atoms with van der Waals surface area (Å²) in [4.78, 5) is 11.9. The van der Waals surface area contributed by atoms with Crippen LogP contribution in [0.15, 0.2) is 24.3 Å². The summed E-state index contributed by atoms with van der Waals surface area (Å²) in [5, 5.41) is 24.2. The van der Waals surface area contributed by atoms with Crippen molar-refractivity contribution in [3.63, 3.8) is 0 Å². The average Bonchev–Trinajstić information content (AvgIpc) is 2.77. The van der Waals surface area contributed by atoms with Crippen LogP contribution in [0, 0.1) is 0 Å². The molecule has 1 aliphatic heterocycles. The molecule has 92 valence electrons. The largest absolute Gasteiger partial charge is 0.392 e. The predicted octanol–water partition coefficient (Wildman–Crippen LogP) is -0.160. The van der Waals surface area contributed by atoms with E-state index >= 15 is 0 Å². The quantitative estimate of drug-likeness (QED) is 0.588. The Balaban J connectivity index is 2.03. The molecule has 1 aromatic carbocycles. The molecule has 0 bridgehead atoms. The fraction of sp³-hybridized carbons (Fsp3) is 0.417. The van der Waals surface area contributed by atoms with E-state index in [0.717, 1.165) is 0 Å². The number of nitrogens with one attached hydrogen (secondary N) is 2. The minimum absolute atomic E-state index is 0.114. The van der Waals surface area contributed by atoms with Gasteiger partial charge in [0.25, 0.3) is 0 Å². The highest BCUT2D eigenvalue weighted by atomic mass is 16.3. The summed E-state index contributed by atoms with van der Waals surface area (Å²) in [6.07, 6.45) is -0.0357. The van der Waals surface area contributed by atoms with Crippen LogP contribution in [0.4, 0.5) is 5.69 Å². The number of aliphatic hydroxyl groups is 2. The third-order valence-corrected chi connectivity index (χ3v) is 2.87. The molecule has 1 aliphatic rings. The van der Waals surface area contributed by atoms with Gasteiger partial charge in [-0.05, 0) is 12.5 Å². The molecule has 0 spiro atoms. The fourth-order valence-corrected chi connectivity index (χ4v) is 1.92. The van der Waals surface area contributed by atoms with Crippen LogP contribution in [-0.4, -0.2) is 34.8 Å². The van der Waals surface area contributed by atoms with Crippen molar-refractivity contribution in [2.24, 2.45) is 0 Å². The maximum absolute atomic E-state index is 11.9. The number of para-hydroxylation sites is 1. The summed E-state index contributed by atoms with van der Waals surface area (Å²) in [6, 6.07) is 6.74. The predicted molar refractivity (Wildman–Crippen MR) is 63.4 cm³/mol. The molecule has 0 saturated carbocycles. The summed E-state index contributed by atoms with van der Waals surface area (Å²) in [5.41, 5.74) is 1.29. The van der Waals surface area contributed by atoms with Crippen molar-refractivity contribution in [1.82, 2.24) is 5.32 Å². The van der Waals surface area contributed by atoms with Gasteiger partial charge in [-0.1, -0.05) is 18.2 Å². The lowest BCUT2D eigenvalue weighted by atomic mass is 10.1. The van der Waals surface area contributed by atoms with E-state index in [9.17, 15) is 9.90 Å². The van der Waals surface area contributed by atoms with Crippen LogP contribution in [0.25, 0.3) is 0 Å². The third-order valence-electron chi connectivity index (χ3n) is 2.87. The van der Waals surface area contributed by atoms with Gasteiger partial charge in [0.15, 0.2) is 0 Å². The molecule has 1 aromatic rings. The Morgan fingerprint density at radius 3 is 2.88 bits per heavy atom. The maximum Gasteiger partial charge on any atom is 0.241 e. The number of hydrogen-bond acceptors (Lipinski definition) is 4. The molecular formula is C12H16N2O3. The van der Waals surface area contributed by atoms with Gasteiger partial charge >= 0.3 is 0 Å². The first-order chi connectivity index (χ1) is 8.20. The fourth-order valence-electron chi connectivity index (χ4n) is 1.92. The number of carbonyl (C=O) groups is 1. The second kappa shape index (κ2) is 5.27.